The third-order valence-electron chi connectivity index (χ3n) is 6.34. The van der Waals surface area contributed by atoms with Crippen molar-refractivity contribution in [2.24, 2.45) is 17.3 Å². The van der Waals surface area contributed by atoms with E-state index in [1.54, 1.807) is 21.0 Å². The number of ether oxygens (including phenoxy) is 2. The highest BCUT2D eigenvalue weighted by molar-refractivity contribution is 9.10. The van der Waals surface area contributed by atoms with Gasteiger partial charge in [0.15, 0.2) is 5.78 Å². The van der Waals surface area contributed by atoms with E-state index >= 15 is 0 Å². The van der Waals surface area contributed by atoms with E-state index < -0.39 is 17.0 Å². The first-order valence-electron chi connectivity index (χ1n) is 10.6. The highest BCUT2D eigenvalue weighted by atomic mass is 79.9. The lowest BCUT2D eigenvalue weighted by Gasteiger charge is -2.35. The monoisotopic (exact) mass is 481 g/mol. The molecule has 0 spiro atoms. The second kappa shape index (κ2) is 9.92. The van der Waals surface area contributed by atoms with Gasteiger partial charge in [0.2, 0.25) is 0 Å². The Morgan fingerprint density at radius 1 is 1.10 bits per heavy atom. The number of esters is 1. The molecule has 1 fully saturated rings. The number of hydrogen-bond donors (Lipinski definition) is 0. The third kappa shape index (κ3) is 5.92. The van der Waals surface area contributed by atoms with Gasteiger partial charge in [-0.1, -0.05) is 41.9 Å². The third-order valence-corrected chi connectivity index (χ3v) is 6.87. The number of methoxy groups -OCH3 is 1. The summed E-state index contributed by atoms with van der Waals surface area (Å²) in [7, 11) is 3.76. The van der Waals surface area contributed by atoms with E-state index in [1.807, 2.05) is 31.2 Å². The molecule has 30 heavy (non-hydrogen) atoms. The normalized spacial score (nSPS) is 31.9. The van der Waals surface area contributed by atoms with E-state index in [4.69, 9.17) is 9.47 Å². The number of rotatable bonds is 2. The molecule has 6 heteroatoms. The van der Waals surface area contributed by atoms with Gasteiger partial charge in [0.1, 0.15) is 12.0 Å². The van der Waals surface area contributed by atoms with Gasteiger partial charge in [-0.05, 0) is 64.3 Å². The Labute approximate surface area is 189 Å². The molecule has 0 N–H and O–H groups in total. The summed E-state index contributed by atoms with van der Waals surface area (Å²) < 4.78 is 12.6. The average molecular weight is 482 g/mol. The first kappa shape index (κ1) is 25.0. The van der Waals surface area contributed by atoms with Crippen LogP contribution in [0, 0.1) is 17.3 Å². The summed E-state index contributed by atoms with van der Waals surface area (Å²) in [6, 6.07) is 7.97. The molecular weight excluding hydrogens is 446 g/mol. The first-order valence-corrected chi connectivity index (χ1v) is 11.4. The van der Waals surface area contributed by atoms with Crippen molar-refractivity contribution in [2.45, 2.75) is 59.1 Å². The molecule has 0 amide bonds. The summed E-state index contributed by atoms with van der Waals surface area (Å²) in [5, 5.41) is 0. The van der Waals surface area contributed by atoms with Crippen LogP contribution in [0.3, 0.4) is 0 Å². The largest absolute Gasteiger partial charge is 0.463 e. The van der Waals surface area contributed by atoms with Crippen LogP contribution in [-0.4, -0.2) is 49.6 Å². The molecule has 1 saturated heterocycles. The summed E-state index contributed by atoms with van der Waals surface area (Å²) in [5.74, 6) is -0.535. The van der Waals surface area contributed by atoms with Gasteiger partial charge in [-0.2, -0.15) is 0 Å². The number of halogens is 1. The zero-order valence-corrected chi connectivity index (χ0v) is 20.9. The molecule has 2 rings (SSSR count). The van der Waals surface area contributed by atoms with Crippen LogP contribution >= 0.6 is 15.9 Å². The molecule has 1 aliphatic rings. The summed E-state index contributed by atoms with van der Waals surface area (Å²) in [6.45, 7) is 10.5. The van der Waals surface area contributed by atoms with E-state index in [9.17, 15) is 9.59 Å². The van der Waals surface area contributed by atoms with Gasteiger partial charge in [0, 0.05) is 24.0 Å². The fourth-order valence-electron chi connectivity index (χ4n) is 4.63. The molecule has 1 aromatic rings. The number of carbonyl (C=O) groups is 2. The Balaban J connectivity index is 2.41. The zero-order chi connectivity index (χ0) is 22.7. The molecule has 0 bridgehead atoms. The quantitative estimate of drug-likeness (QED) is 0.437. The number of cyclic esters (lactones) is 1. The van der Waals surface area contributed by atoms with E-state index in [-0.39, 0.29) is 24.3 Å². The minimum Gasteiger partial charge on any atom is -0.463 e. The summed E-state index contributed by atoms with van der Waals surface area (Å²) >= 11 is 3.48. The van der Waals surface area contributed by atoms with Crippen LogP contribution in [0.5, 0.6) is 0 Å². The van der Waals surface area contributed by atoms with Crippen LogP contribution in [0.25, 0.3) is 0 Å². The molecule has 0 unspecified atom stereocenters. The molecule has 1 heterocycles. The van der Waals surface area contributed by atoms with Gasteiger partial charge in [0.05, 0.1) is 11.6 Å². The standard InChI is InChI=1S/C24H36BrNO4/c1-16-12-24(5,29-7)13-17(2)21(27)23(3,4)22(28)30-15-20(26(6)14-16)18-8-10-19(25)11-9-18/h8-11,16-17,20H,12-15H2,1-7H3/t16-,17-,20+,24-/m1/s1. The summed E-state index contributed by atoms with van der Waals surface area (Å²) in [6.07, 6.45) is 1.40. The number of hydrogen-bond acceptors (Lipinski definition) is 5. The predicted octanol–water partition coefficient (Wildman–Crippen LogP) is 5.03. The maximum absolute atomic E-state index is 13.1. The number of likely N-dealkylation sites (N-methyl/N-ethyl adjacent to an activating group) is 1. The molecule has 5 nitrogen and oxygen atoms in total. The maximum Gasteiger partial charge on any atom is 0.319 e. The molecule has 1 aromatic carbocycles. The van der Waals surface area contributed by atoms with Crippen molar-refractivity contribution < 1.29 is 19.1 Å². The van der Waals surface area contributed by atoms with Gasteiger partial charge >= 0.3 is 5.97 Å². The van der Waals surface area contributed by atoms with Crippen molar-refractivity contribution >= 4 is 27.7 Å². The van der Waals surface area contributed by atoms with Crippen LogP contribution in [0.2, 0.25) is 0 Å². The van der Waals surface area contributed by atoms with Crippen LogP contribution in [0.4, 0.5) is 0 Å². The van der Waals surface area contributed by atoms with Crippen molar-refractivity contribution in [3.05, 3.63) is 34.3 Å². The molecule has 1 aliphatic heterocycles. The predicted molar refractivity (Wildman–Crippen MR) is 122 cm³/mol. The van der Waals surface area contributed by atoms with Gasteiger partial charge in [0.25, 0.3) is 0 Å². The first-order chi connectivity index (χ1) is 13.9. The SMILES string of the molecule is CO[C@]1(C)C[C@@H](C)CN(C)[C@H](c2ccc(Br)cc2)COC(=O)C(C)(C)C(=O)[C@H](C)C1. The topological polar surface area (TPSA) is 55.8 Å². The van der Waals surface area contributed by atoms with Crippen molar-refractivity contribution in [3.8, 4) is 0 Å². The lowest BCUT2D eigenvalue weighted by molar-refractivity contribution is -0.161. The molecule has 168 valence electrons. The minimum absolute atomic E-state index is 0.0950. The van der Waals surface area contributed by atoms with E-state index in [0.29, 0.717) is 12.3 Å². The van der Waals surface area contributed by atoms with E-state index in [1.165, 1.54) is 0 Å². The van der Waals surface area contributed by atoms with Crippen LogP contribution in [0.1, 0.15) is 59.1 Å². The molecular formula is C24H36BrNO4. The van der Waals surface area contributed by atoms with Gasteiger partial charge in [-0.25, -0.2) is 0 Å². The average Bonchev–Trinajstić information content (AvgIpc) is 2.67. The lowest BCUT2D eigenvalue weighted by atomic mass is 9.76. The zero-order valence-electron chi connectivity index (χ0n) is 19.3. The fraction of sp³-hybridized carbons (Fsp3) is 0.667. The Hall–Kier alpha value is -1.24. The second-order valence-electron chi connectivity index (χ2n) is 9.66. The molecule has 0 radical (unpaired) electrons. The Kier molecular flexibility index (Phi) is 8.28. The van der Waals surface area contributed by atoms with Crippen molar-refractivity contribution in [1.82, 2.24) is 4.90 Å². The molecule has 0 saturated carbocycles. The van der Waals surface area contributed by atoms with Gasteiger partial charge < -0.3 is 9.47 Å². The van der Waals surface area contributed by atoms with Crippen molar-refractivity contribution in [2.75, 3.05) is 27.3 Å². The number of benzene rings is 1. The fourth-order valence-corrected chi connectivity index (χ4v) is 4.89. The van der Waals surface area contributed by atoms with Crippen LogP contribution in [-0.2, 0) is 19.1 Å². The summed E-state index contributed by atoms with van der Waals surface area (Å²) in [5.41, 5.74) is -0.560. The smallest absolute Gasteiger partial charge is 0.319 e. The number of carbonyl (C=O) groups excluding carboxylic acids is 2. The van der Waals surface area contributed by atoms with Gasteiger partial charge in [-0.3, -0.25) is 14.5 Å². The molecule has 0 aromatic heterocycles. The van der Waals surface area contributed by atoms with Crippen molar-refractivity contribution in [3.63, 3.8) is 0 Å². The van der Waals surface area contributed by atoms with Crippen LogP contribution < -0.4 is 0 Å². The minimum atomic E-state index is -1.20. The lowest BCUT2D eigenvalue weighted by Crippen LogP contribution is -2.42. The van der Waals surface area contributed by atoms with Gasteiger partial charge in [-0.15, -0.1) is 0 Å². The Morgan fingerprint density at radius 2 is 1.70 bits per heavy atom. The van der Waals surface area contributed by atoms with E-state index in [0.717, 1.165) is 23.0 Å². The number of ketones is 1. The molecule has 0 aliphatic carbocycles. The Bertz CT molecular complexity index is 748. The summed E-state index contributed by atoms with van der Waals surface area (Å²) in [4.78, 5) is 28.3. The highest BCUT2D eigenvalue weighted by Crippen LogP contribution is 2.34. The number of nitrogens with zero attached hydrogens (tertiary/aromatic N) is 1. The van der Waals surface area contributed by atoms with Crippen molar-refractivity contribution in [1.29, 1.82) is 0 Å². The second-order valence-corrected chi connectivity index (χ2v) is 10.6. The van der Waals surface area contributed by atoms with Crippen LogP contribution in [0.15, 0.2) is 28.7 Å². The Morgan fingerprint density at radius 3 is 2.27 bits per heavy atom. The number of Topliss-reactive ketones (excluding diaryl/α,β-unsaturated/α-hetero) is 1. The molecule has 4 atom stereocenters. The maximum atomic E-state index is 13.1. The van der Waals surface area contributed by atoms with E-state index in [2.05, 4.69) is 41.7 Å². The highest BCUT2D eigenvalue weighted by Gasteiger charge is 2.43.